The van der Waals surface area contributed by atoms with E-state index >= 15 is 0 Å². The lowest BCUT2D eigenvalue weighted by atomic mass is 10.1. The van der Waals surface area contributed by atoms with Crippen LogP contribution in [0.1, 0.15) is 23.2 Å². The first kappa shape index (κ1) is 23.5. The Labute approximate surface area is 201 Å². The second kappa shape index (κ2) is 9.70. The van der Waals surface area contributed by atoms with Gasteiger partial charge in [0.25, 0.3) is 21.6 Å². The third-order valence-electron chi connectivity index (χ3n) is 5.40. The van der Waals surface area contributed by atoms with Gasteiger partial charge in [-0.3, -0.25) is 19.6 Å². The average molecular weight is 501 g/mol. The van der Waals surface area contributed by atoms with Crippen molar-refractivity contribution in [1.82, 2.24) is 0 Å². The Hall–Kier alpha value is -3.63. The lowest BCUT2D eigenvalue weighted by Crippen LogP contribution is -2.20. The molecule has 0 spiro atoms. The van der Waals surface area contributed by atoms with Gasteiger partial charge in [0.2, 0.25) is 0 Å². The van der Waals surface area contributed by atoms with Crippen LogP contribution in [-0.4, -0.2) is 32.3 Å². The van der Waals surface area contributed by atoms with Gasteiger partial charge in [-0.25, -0.2) is 8.42 Å². The van der Waals surface area contributed by atoms with E-state index in [0.717, 1.165) is 25.9 Å². The van der Waals surface area contributed by atoms with E-state index in [9.17, 15) is 23.3 Å². The van der Waals surface area contributed by atoms with Crippen molar-refractivity contribution in [3.63, 3.8) is 0 Å². The topological polar surface area (TPSA) is 122 Å². The Morgan fingerprint density at radius 2 is 1.56 bits per heavy atom. The molecule has 2 N–H and O–H groups in total. The molecule has 0 atom stereocenters. The number of carbonyl (C=O) groups is 1. The molecule has 34 heavy (non-hydrogen) atoms. The van der Waals surface area contributed by atoms with Crippen LogP contribution in [0.25, 0.3) is 0 Å². The van der Waals surface area contributed by atoms with Gasteiger partial charge in [0.15, 0.2) is 0 Å². The number of nitro benzene ring substituents is 1. The molecule has 1 saturated heterocycles. The Morgan fingerprint density at radius 1 is 0.941 bits per heavy atom. The van der Waals surface area contributed by atoms with Crippen LogP contribution in [0.2, 0.25) is 5.02 Å². The second-order valence-electron chi connectivity index (χ2n) is 7.75. The zero-order valence-corrected chi connectivity index (χ0v) is 19.5. The van der Waals surface area contributed by atoms with Gasteiger partial charge in [0, 0.05) is 41.1 Å². The number of nitro groups is 1. The van der Waals surface area contributed by atoms with Crippen molar-refractivity contribution in [3.05, 3.63) is 87.4 Å². The van der Waals surface area contributed by atoms with Gasteiger partial charge in [-0.2, -0.15) is 0 Å². The molecule has 1 amide bonds. The molecule has 0 unspecified atom stereocenters. The minimum absolute atomic E-state index is 0.00560. The van der Waals surface area contributed by atoms with E-state index in [4.69, 9.17) is 11.6 Å². The molecule has 1 aliphatic heterocycles. The Kier molecular flexibility index (Phi) is 6.71. The first-order valence-electron chi connectivity index (χ1n) is 10.5. The van der Waals surface area contributed by atoms with E-state index in [2.05, 4.69) is 10.0 Å². The van der Waals surface area contributed by atoms with E-state index in [1.54, 1.807) is 36.4 Å². The van der Waals surface area contributed by atoms with Gasteiger partial charge in [-0.1, -0.05) is 11.6 Å². The van der Waals surface area contributed by atoms with E-state index in [-0.39, 0.29) is 16.1 Å². The molecule has 1 fully saturated rings. The summed E-state index contributed by atoms with van der Waals surface area (Å²) in [5, 5.41) is 14.7. The summed E-state index contributed by atoms with van der Waals surface area (Å²) in [6, 6.07) is 16.2. The van der Waals surface area contributed by atoms with Crippen LogP contribution in [0.3, 0.4) is 0 Å². The molecular formula is C23H21ClN4O5S. The molecule has 0 radical (unpaired) electrons. The van der Waals surface area contributed by atoms with Crippen molar-refractivity contribution in [2.45, 2.75) is 17.7 Å². The molecule has 1 heterocycles. The van der Waals surface area contributed by atoms with Crippen LogP contribution in [0.15, 0.2) is 71.6 Å². The minimum atomic E-state index is -3.84. The molecule has 9 nitrogen and oxygen atoms in total. The monoisotopic (exact) mass is 500 g/mol. The zero-order valence-electron chi connectivity index (χ0n) is 17.9. The number of hydrogen-bond acceptors (Lipinski definition) is 6. The largest absolute Gasteiger partial charge is 0.366 e. The predicted octanol–water partition coefficient (Wildman–Crippen LogP) is 4.90. The Bertz CT molecular complexity index is 1320. The summed E-state index contributed by atoms with van der Waals surface area (Å²) in [5.41, 5.74) is 1.23. The number of halogens is 1. The van der Waals surface area contributed by atoms with E-state index in [1.165, 1.54) is 30.3 Å². The first-order valence-corrected chi connectivity index (χ1v) is 12.3. The summed E-state index contributed by atoms with van der Waals surface area (Å²) in [6.07, 6.45) is 1.95. The number of nitrogens with zero attached hydrogens (tertiary/aromatic N) is 2. The maximum Gasteiger partial charge on any atom is 0.293 e. The summed E-state index contributed by atoms with van der Waals surface area (Å²) in [7, 11) is -3.84. The maximum absolute atomic E-state index is 12.7. The average Bonchev–Trinajstić information content (AvgIpc) is 3.35. The zero-order chi connectivity index (χ0) is 24.3. The quantitative estimate of drug-likeness (QED) is 0.351. The van der Waals surface area contributed by atoms with Crippen molar-refractivity contribution in [1.29, 1.82) is 0 Å². The highest BCUT2D eigenvalue weighted by Gasteiger charge is 2.24. The van der Waals surface area contributed by atoms with Gasteiger partial charge in [-0.05, 0) is 73.5 Å². The molecule has 0 aromatic heterocycles. The molecule has 11 heteroatoms. The number of anilines is 3. The number of sulfonamides is 1. The molecule has 3 aromatic rings. The van der Waals surface area contributed by atoms with E-state index in [0.29, 0.717) is 22.1 Å². The summed E-state index contributed by atoms with van der Waals surface area (Å²) in [4.78, 5) is 25.7. The number of rotatable bonds is 7. The Balaban J connectivity index is 1.47. The molecule has 0 aliphatic carbocycles. The number of benzene rings is 3. The standard InChI is InChI=1S/C23H21ClN4O5S/c24-17-4-6-19(7-5-17)26-34(32,33)20-10-8-18(9-11-20)25-23(29)16-3-12-21(22(15-16)28(30)31)27-13-1-2-14-27/h3-12,15,26H,1-2,13-14H2,(H,25,29). The summed E-state index contributed by atoms with van der Waals surface area (Å²) >= 11 is 5.82. The summed E-state index contributed by atoms with van der Waals surface area (Å²) < 4.78 is 27.6. The second-order valence-corrected chi connectivity index (χ2v) is 9.86. The number of nitrogens with one attached hydrogen (secondary N) is 2. The van der Waals surface area contributed by atoms with Crippen LogP contribution >= 0.6 is 11.6 Å². The van der Waals surface area contributed by atoms with E-state index in [1.807, 2.05) is 4.90 Å². The third-order valence-corrected chi connectivity index (χ3v) is 7.05. The van der Waals surface area contributed by atoms with Crippen LogP contribution in [0.4, 0.5) is 22.7 Å². The summed E-state index contributed by atoms with van der Waals surface area (Å²) in [5.74, 6) is -0.536. The van der Waals surface area contributed by atoms with E-state index < -0.39 is 20.9 Å². The van der Waals surface area contributed by atoms with Crippen molar-refractivity contribution >= 4 is 50.3 Å². The highest BCUT2D eigenvalue weighted by molar-refractivity contribution is 7.92. The fraction of sp³-hybridized carbons (Fsp3) is 0.174. The van der Waals surface area contributed by atoms with Crippen LogP contribution in [-0.2, 0) is 10.0 Å². The van der Waals surface area contributed by atoms with Gasteiger partial charge in [0.1, 0.15) is 5.69 Å². The molecule has 176 valence electrons. The smallest absolute Gasteiger partial charge is 0.293 e. The number of carbonyl (C=O) groups excluding carboxylic acids is 1. The van der Waals surface area contributed by atoms with Crippen LogP contribution in [0.5, 0.6) is 0 Å². The third kappa shape index (κ3) is 5.29. The molecule has 0 saturated carbocycles. The van der Waals surface area contributed by atoms with Gasteiger partial charge < -0.3 is 10.2 Å². The lowest BCUT2D eigenvalue weighted by molar-refractivity contribution is -0.384. The normalized spacial score (nSPS) is 13.5. The lowest BCUT2D eigenvalue weighted by Gasteiger charge is -2.17. The minimum Gasteiger partial charge on any atom is -0.366 e. The predicted molar refractivity (Wildman–Crippen MR) is 131 cm³/mol. The van der Waals surface area contributed by atoms with Crippen molar-refractivity contribution < 1.29 is 18.1 Å². The van der Waals surface area contributed by atoms with Crippen molar-refractivity contribution in [2.75, 3.05) is 28.0 Å². The SMILES string of the molecule is O=C(Nc1ccc(S(=O)(=O)Nc2ccc(Cl)cc2)cc1)c1ccc(N2CCCC2)c([N+](=O)[O-])c1. The van der Waals surface area contributed by atoms with Crippen molar-refractivity contribution in [2.24, 2.45) is 0 Å². The van der Waals surface area contributed by atoms with Crippen LogP contribution < -0.4 is 14.9 Å². The number of amides is 1. The number of hydrogen-bond donors (Lipinski definition) is 2. The highest BCUT2D eigenvalue weighted by atomic mass is 35.5. The molecule has 3 aromatic carbocycles. The molecule has 4 rings (SSSR count). The highest BCUT2D eigenvalue weighted by Crippen LogP contribution is 2.32. The molecule has 1 aliphatic rings. The van der Waals surface area contributed by atoms with Gasteiger partial charge in [0.05, 0.1) is 9.82 Å². The molecule has 0 bridgehead atoms. The first-order chi connectivity index (χ1) is 16.2. The van der Waals surface area contributed by atoms with Gasteiger partial charge >= 0.3 is 0 Å². The van der Waals surface area contributed by atoms with Crippen LogP contribution in [0, 0.1) is 10.1 Å². The van der Waals surface area contributed by atoms with Gasteiger partial charge in [-0.15, -0.1) is 0 Å². The Morgan fingerprint density at radius 3 is 2.18 bits per heavy atom. The molecular weight excluding hydrogens is 480 g/mol. The maximum atomic E-state index is 12.7. The fourth-order valence-electron chi connectivity index (χ4n) is 3.69. The summed E-state index contributed by atoms with van der Waals surface area (Å²) in [6.45, 7) is 1.49. The van der Waals surface area contributed by atoms with Crippen molar-refractivity contribution in [3.8, 4) is 0 Å². The fourth-order valence-corrected chi connectivity index (χ4v) is 4.87.